The Morgan fingerprint density at radius 2 is 1.93 bits per heavy atom. The Kier molecular flexibility index (Phi) is 6.52. The highest BCUT2D eigenvalue weighted by Gasteiger charge is 2.21. The van der Waals surface area contributed by atoms with E-state index in [-0.39, 0.29) is 6.03 Å². The third-order valence-corrected chi connectivity index (χ3v) is 5.02. The molecule has 1 heterocycles. The second kappa shape index (κ2) is 9.26. The molecule has 3 rings (SSSR count). The molecular weight excluding hydrogens is 338 g/mol. The van der Waals surface area contributed by atoms with Crippen molar-refractivity contribution in [1.82, 2.24) is 15.5 Å². The van der Waals surface area contributed by atoms with Crippen LogP contribution in [0.5, 0.6) is 0 Å². The number of benzene rings is 2. The number of nitrogens with two attached hydrogens (primary N) is 1. The molecule has 0 aromatic heterocycles. The number of nitrogens with zero attached hydrogens (tertiary/aromatic N) is 2. The van der Waals surface area contributed by atoms with Crippen LogP contribution in [0.15, 0.2) is 47.5 Å². The van der Waals surface area contributed by atoms with Gasteiger partial charge in [0.2, 0.25) is 0 Å². The second-order valence-electron chi connectivity index (χ2n) is 6.89. The average molecular weight is 367 g/mol. The van der Waals surface area contributed by atoms with Crippen molar-refractivity contribution < 1.29 is 4.79 Å². The van der Waals surface area contributed by atoms with Crippen LogP contribution in [0.4, 0.5) is 4.79 Å². The molecule has 0 atom stereocenters. The number of carbonyl (C=O) groups is 1. The number of primary amides is 1. The number of aliphatic imine (C=N–C) groups is 1. The molecule has 27 heavy (non-hydrogen) atoms. The van der Waals surface area contributed by atoms with Gasteiger partial charge < -0.3 is 21.3 Å². The molecule has 2 aromatic carbocycles. The topological polar surface area (TPSA) is 82.8 Å². The summed E-state index contributed by atoms with van der Waals surface area (Å²) < 4.78 is 0. The lowest BCUT2D eigenvalue weighted by Crippen LogP contribution is -2.50. The van der Waals surface area contributed by atoms with Gasteiger partial charge in [-0.05, 0) is 42.5 Å². The van der Waals surface area contributed by atoms with Gasteiger partial charge in [0.05, 0.1) is 0 Å². The molecule has 1 fully saturated rings. The molecule has 1 aliphatic heterocycles. The van der Waals surface area contributed by atoms with Gasteiger partial charge in [0.25, 0.3) is 0 Å². The van der Waals surface area contributed by atoms with Crippen LogP contribution in [0, 0.1) is 0 Å². The highest BCUT2D eigenvalue weighted by atomic mass is 16.2. The number of guanidine groups is 1. The predicted octanol–water partition coefficient (Wildman–Crippen LogP) is 2.48. The molecule has 0 bridgehead atoms. The highest BCUT2D eigenvalue weighted by Crippen LogP contribution is 2.18. The number of nitrogens with one attached hydrogen (secondary N) is 2. The summed E-state index contributed by atoms with van der Waals surface area (Å²) in [7, 11) is 0. The fraction of sp³-hybridized carbons (Fsp3) is 0.429. The SMILES string of the molecule is CCNC(=NCCc1cccc2ccccc12)NC1CCN(C(N)=O)CC1. The van der Waals surface area contributed by atoms with Crippen LogP contribution in [-0.2, 0) is 6.42 Å². The van der Waals surface area contributed by atoms with Crippen molar-refractivity contribution in [2.75, 3.05) is 26.2 Å². The van der Waals surface area contributed by atoms with Gasteiger partial charge >= 0.3 is 6.03 Å². The first kappa shape index (κ1) is 19.0. The van der Waals surface area contributed by atoms with E-state index in [1.807, 2.05) is 0 Å². The standard InChI is InChI=1S/C21H29N5O/c1-2-23-21(25-18-11-14-26(15-12-18)20(22)27)24-13-10-17-8-5-7-16-6-3-4-9-19(16)17/h3-9,18H,2,10-15H2,1H3,(H2,22,27)(H2,23,24,25). The molecule has 1 aliphatic rings. The number of hydrogen-bond donors (Lipinski definition) is 3. The fourth-order valence-electron chi connectivity index (χ4n) is 3.56. The molecular formula is C21H29N5O. The largest absolute Gasteiger partial charge is 0.357 e. The number of carbonyl (C=O) groups excluding carboxylic acids is 1. The van der Waals surface area contributed by atoms with E-state index < -0.39 is 0 Å². The monoisotopic (exact) mass is 367 g/mol. The molecule has 0 radical (unpaired) electrons. The molecule has 4 N–H and O–H groups in total. The number of likely N-dealkylation sites (tertiary alicyclic amines) is 1. The molecule has 2 aromatic rings. The van der Waals surface area contributed by atoms with Gasteiger partial charge in [-0.3, -0.25) is 4.99 Å². The Labute approximate surface area is 160 Å². The number of rotatable bonds is 5. The van der Waals surface area contributed by atoms with E-state index in [9.17, 15) is 4.79 Å². The van der Waals surface area contributed by atoms with Crippen LogP contribution >= 0.6 is 0 Å². The van der Waals surface area contributed by atoms with Crippen molar-refractivity contribution in [2.45, 2.75) is 32.2 Å². The minimum Gasteiger partial charge on any atom is -0.357 e. The van der Waals surface area contributed by atoms with E-state index in [4.69, 9.17) is 10.7 Å². The van der Waals surface area contributed by atoms with Gasteiger partial charge in [-0.2, -0.15) is 0 Å². The lowest BCUT2D eigenvalue weighted by Gasteiger charge is -2.32. The lowest BCUT2D eigenvalue weighted by molar-refractivity contribution is 0.188. The summed E-state index contributed by atoms with van der Waals surface area (Å²) in [5.41, 5.74) is 6.67. The minimum absolute atomic E-state index is 0.316. The van der Waals surface area contributed by atoms with Crippen LogP contribution in [0.2, 0.25) is 0 Å². The van der Waals surface area contributed by atoms with E-state index in [2.05, 4.69) is 60.0 Å². The van der Waals surface area contributed by atoms with Crippen molar-refractivity contribution >= 4 is 22.8 Å². The summed E-state index contributed by atoms with van der Waals surface area (Å²) in [4.78, 5) is 17.7. The van der Waals surface area contributed by atoms with Gasteiger partial charge in [0.15, 0.2) is 5.96 Å². The third-order valence-electron chi connectivity index (χ3n) is 5.02. The smallest absolute Gasteiger partial charge is 0.314 e. The molecule has 0 aliphatic carbocycles. The third kappa shape index (κ3) is 5.12. The van der Waals surface area contributed by atoms with E-state index in [0.717, 1.165) is 38.3 Å². The minimum atomic E-state index is -0.330. The van der Waals surface area contributed by atoms with Gasteiger partial charge in [0.1, 0.15) is 0 Å². The number of amides is 2. The number of piperidine rings is 1. The van der Waals surface area contributed by atoms with Crippen molar-refractivity contribution in [3.8, 4) is 0 Å². The summed E-state index contributed by atoms with van der Waals surface area (Å²) in [6, 6.07) is 14.9. The Morgan fingerprint density at radius 1 is 1.19 bits per heavy atom. The molecule has 2 amide bonds. The number of hydrogen-bond acceptors (Lipinski definition) is 2. The van der Waals surface area contributed by atoms with Crippen LogP contribution in [0.1, 0.15) is 25.3 Å². The molecule has 0 spiro atoms. The van der Waals surface area contributed by atoms with E-state index >= 15 is 0 Å². The quantitative estimate of drug-likeness (QED) is 0.561. The summed E-state index contributed by atoms with van der Waals surface area (Å²) in [6.45, 7) is 5.01. The Morgan fingerprint density at radius 3 is 2.67 bits per heavy atom. The van der Waals surface area contributed by atoms with E-state index in [1.165, 1.54) is 16.3 Å². The molecule has 0 unspecified atom stereocenters. The zero-order valence-electron chi connectivity index (χ0n) is 15.9. The number of urea groups is 1. The first-order valence-corrected chi connectivity index (χ1v) is 9.73. The molecule has 6 nitrogen and oxygen atoms in total. The van der Waals surface area contributed by atoms with Crippen molar-refractivity contribution in [1.29, 1.82) is 0 Å². The normalized spacial score (nSPS) is 15.7. The van der Waals surface area contributed by atoms with E-state index in [0.29, 0.717) is 19.1 Å². The van der Waals surface area contributed by atoms with Gasteiger partial charge in [-0.15, -0.1) is 0 Å². The lowest BCUT2D eigenvalue weighted by atomic mass is 10.0. The van der Waals surface area contributed by atoms with Crippen LogP contribution in [0.25, 0.3) is 10.8 Å². The Hall–Kier alpha value is -2.76. The summed E-state index contributed by atoms with van der Waals surface area (Å²) >= 11 is 0. The molecule has 1 saturated heterocycles. The van der Waals surface area contributed by atoms with Crippen molar-refractivity contribution in [3.05, 3.63) is 48.0 Å². The van der Waals surface area contributed by atoms with Gasteiger partial charge in [-0.1, -0.05) is 42.5 Å². The van der Waals surface area contributed by atoms with Crippen LogP contribution in [0.3, 0.4) is 0 Å². The number of fused-ring (bicyclic) bond motifs is 1. The maximum atomic E-state index is 11.2. The predicted molar refractivity (Wildman–Crippen MR) is 111 cm³/mol. The van der Waals surface area contributed by atoms with Crippen molar-refractivity contribution in [2.24, 2.45) is 10.7 Å². The Bertz CT molecular complexity index is 791. The Balaban J connectivity index is 1.58. The second-order valence-corrected chi connectivity index (χ2v) is 6.89. The summed E-state index contributed by atoms with van der Waals surface area (Å²) in [6.07, 6.45) is 2.67. The molecule has 6 heteroatoms. The van der Waals surface area contributed by atoms with Crippen molar-refractivity contribution in [3.63, 3.8) is 0 Å². The zero-order valence-corrected chi connectivity index (χ0v) is 15.9. The zero-order chi connectivity index (χ0) is 19.1. The molecule has 144 valence electrons. The maximum Gasteiger partial charge on any atom is 0.314 e. The first-order chi connectivity index (χ1) is 13.2. The highest BCUT2D eigenvalue weighted by molar-refractivity contribution is 5.85. The van der Waals surface area contributed by atoms with E-state index in [1.54, 1.807) is 4.90 Å². The first-order valence-electron chi connectivity index (χ1n) is 9.73. The summed E-state index contributed by atoms with van der Waals surface area (Å²) in [5, 5.41) is 9.39. The van der Waals surface area contributed by atoms with Crippen LogP contribution in [-0.4, -0.2) is 49.1 Å². The fourth-order valence-corrected chi connectivity index (χ4v) is 3.56. The van der Waals surface area contributed by atoms with Gasteiger partial charge in [0, 0.05) is 32.2 Å². The summed E-state index contributed by atoms with van der Waals surface area (Å²) in [5.74, 6) is 0.843. The van der Waals surface area contributed by atoms with Gasteiger partial charge in [-0.25, -0.2) is 4.79 Å². The average Bonchev–Trinajstić information content (AvgIpc) is 2.69. The maximum absolute atomic E-state index is 11.2. The molecule has 0 saturated carbocycles. The van der Waals surface area contributed by atoms with Crippen LogP contribution < -0.4 is 16.4 Å².